The molecule has 44 valence electrons. The SMILES string of the molecule is O=C1C=CC(=O)C2=C1C2. The van der Waals surface area contributed by atoms with Crippen LogP contribution in [0.5, 0.6) is 0 Å². The molecule has 0 N–H and O–H groups in total. The lowest BCUT2D eigenvalue weighted by atomic mass is 10.2. The molecule has 0 saturated carbocycles. The Hall–Kier alpha value is -1.18. The predicted octanol–water partition coefficient (Wildman–Crippen LogP) is 0.395. The molecule has 0 unspecified atom stereocenters. The predicted molar refractivity (Wildman–Crippen MR) is 30.8 cm³/mol. The van der Waals surface area contributed by atoms with Crippen molar-refractivity contribution in [3.05, 3.63) is 23.3 Å². The summed E-state index contributed by atoms with van der Waals surface area (Å²) < 4.78 is 0. The molecule has 0 aliphatic heterocycles. The van der Waals surface area contributed by atoms with Crippen LogP contribution in [0.3, 0.4) is 0 Å². The third kappa shape index (κ3) is 0.499. The fourth-order valence-electron chi connectivity index (χ4n) is 0.957. The molecule has 9 heavy (non-hydrogen) atoms. The molecule has 0 fully saturated rings. The monoisotopic (exact) mass is 120 g/mol. The van der Waals surface area contributed by atoms with E-state index in [4.69, 9.17) is 0 Å². The van der Waals surface area contributed by atoms with Crippen LogP contribution in [0, 0.1) is 0 Å². The van der Waals surface area contributed by atoms with Crippen LogP contribution in [-0.2, 0) is 9.59 Å². The average molecular weight is 120 g/mol. The second kappa shape index (κ2) is 1.21. The van der Waals surface area contributed by atoms with Gasteiger partial charge in [0.1, 0.15) is 0 Å². The molecule has 0 spiro atoms. The zero-order chi connectivity index (χ0) is 6.43. The minimum Gasteiger partial charge on any atom is -0.290 e. The molecule has 0 heterocycles. The third-order valence-electron chi connectivity index (χ3n) is 1.57. The van der Waals surface area contributed by atoms with E-state index < -0.39 is 0 Å². The number of allylic oxidation sites excluding steroid dienone is 4. The standard InChI is InChI=1S/C7H4O2/c8-6-1-2-7(9)5-3-4(5)6/h1-2H,3H2. The van der Waals surface area contributed by atoms with Gasteiger partial charge in [0.2, 0.25) is 0 Å². The van der Waals surface area contributed by atoms with Crippen LogP contribution in [0.15, 0.2) is 23.3 Å². The lowest BCUT2D eigenvalue weighted by Gasteiger charge is -1.86. The summed E-state index contributed by atoms with van der Waals surface area (Å²) in [5.41, 5.74) is 1.45. The van der Waals surface area contributed by atoms with Gasteiger partial charge in [-0.1, -0.05) is 0 Å². The number of hydrogen-bond acceptors (Lipinski definition) is 2. The van der Waals surface area contributed by atoms with Crippen LogP contribution >= 0.6 is 0 Å². The molecule has 0 saturated heterocycles. The molecule has 2 aliphatic rings. The Balaban J connectivity index is 2.47. The summed E-state index contributed by atoms with van der Waals surface area (Å²) in [4.78, 5) is 21.4. The molecule has 2 nitrogen and oxygen atoms in total. The lowest BCUT2D eigenvalue weighted by Crippen LogP contribution is -1.97. The van der Waals surface area contributed by atoms with Crippen molar-refractivity contribution in [1.29, 1.82) is 0 Å². The maximum atomic E-state index is 10.7. The minimum absolute atomic E-state index is 0.0181. The van der Waals surface area contributed by atoms with Gasteiger partial charge in [0.15, 0.2) is 11.6 Å². The zero-order valence-electron chi connectivity index (χ0n) is 4.68. The highest BCUT2D eigenvalue weighted by Gasteiger charge is 2.33. The largest absolute Gasteiger partial charge is 0.290 e. The summed E-state index contributed by atoms with van der Waals surface area (Å²) in [5, 5.41) is 0. The van der Waals surface area contributed by atoms with Crippen molar-refractivity contribution in [1.82, 2.24) is 0 Å². The van der Waals surface area contributed by atoms with Crippen molar-refractivity contribution < 1.29 is 9.59 Å². The van der Waals surface area contributed by atoms with E-state index in [1.165, 1.54) is 12.2 Å². The molecule has 2 heteroatoms. The summed E-state index contributed by atoms with van der Waals surface area (Å²) in [6.07, 6.45) is 3.31. The van der Waals surface area contributed by atoms with Crippen LogP contribution in [0.25, 0.3) is 0 Å². The van der Waals surface area contributed by atoms with Crippen molar-refractivity contribution in [2.75, 3.05) is 0 Å². The normalized spacial score (nSPS) is 22.7. The van der Waals surface area contributed by atoms with Crippen LogP contribution in [0.1, 0.15) is 6.42 Å². The summed E-state index contributed by atoms with van der Waals surface area (Å²) in [6, 6.07) is 0. The number of hydrogen-bond donors (Lipinski definition) is 0. The van der Waals surface area contributed by atoms with E-state index in [9.17, 15) is 9.59 Å². The minimum atomic E-state index is 0.0181. The molecule has 0 radical (unpaired) electrons. The highest BCUT2D eigenvalue weighted by Crippen LogP contribution is 2.35. The Morgan fingerprint density at radius 3 is 1.89 bits per heavy atom. The summed E-state index contributed by atoms with van der Waals surface area (Å²) >= 11 is 0. The van der Waals surface area contributed by atoms with Gasteiger partial charge in [-0.3, -0.25) is 9.59 Å². The van der Waals surface area contributed by atoms with E-state index in [1.54, 1.807) is 0 Å². The first kappa shape index (κ1) is 4.68. The Morgan fingerprint density at radius 1 is 1.00 bits per heavy atom. The molecule has 2 rings (SSSR count). The maximum Gasteiger partial charge on any atom is 0.182 e. The second-order valence-electron chi connectivity index (χ2n) is 2.20. The van der Waals surface area contributed by atoms with Gasteiger partial charge in [-0.15, -0.1) is 0 Å². The molecule has 0 bridgehead atoms. The van der Waals surface area contributed by atoms with Crippen molar-refractivity contribution in [3.63, 3.8) is 0 Å². The van der Waals surface area contributed by atoms with Gasteiger partial charge in [0.05, 0.1) is 0 Å². The zero-order valence-corrected chi connectivity index (χ0v) is 4.68. The van der Waals surface area contributed by atoms with E-state index in [-0.39, 0.29) is 11.6 Å². The number of rotatable bonds is 0. The van der Waals surface area contributed by atoms with Gasteiger partial charge >= 0.3 is 0 Å². The molecule has 0 aromatic carbocycles. The van der Waals surface area contributed by atoms with Gasteiger partial charge in [-0.05, 0) is 12.2 Å². The van der Waals surface area contributed by atoms with Crippen molar-refractivity contribution >= 4 is 11.6 Å². The van der Waals surface area contributed by atoms with Crippen LogP contribution in [0.2, 0.25) is 0 Å². The Labute approximate surface area is 51.9 Å². The van der Waals surface area contributed by atoms with Crippen LogP contribution in [0.4, 0.5) is 0 Å². The Kier molecular flexibility index (Phi) is 0.628. The lowest BCUT2D eigenvalue weighted by molar-refractivity contribution is -0.113. The van der Waals surface area contributed by atoms with Gasteiger partial charge in [0.25, 0.3) is 0 Å². The second-order valence-corrected chi connectivity index (χ2v) is 2.20. The highest BCUT2D eigenvalue weighted by atomic mass is 16.1. The topological polar surface area (TPSA) is 34.1 Å². The van der Waals surface area contributed by atoms with Crippen LogP contribution in [-0.4, -0.2) is 11.6 Å². The smallest absolute Gasteiger partial charge is 0.182 e. The fourth-order valence-corrected chi connectivity index (χ4v) is 0.957. The maximum absolute atomic E-state index is 10.7. The van der Waals surface area contributed by atoms with E-state index in [1.807, 2.05) is 0 Å². The molecule has 2 aliphatic carbocycles. The number of carbonyl (C=O) groups excluding carboxylic acids is 2. The number of carbonyl (C=O) groups is 2. The summed E-state index contributed by atoms with van der Waals surface area (Å²) in [6.45, 7) is 0. The molecular formula is C7H4O2. The average Bonchev–Trinajstić information content (AvgIpc) is 2.57. The fraction of sp³-hybridized carbons (Fsp3) is 0.143. The quantitative estimate of drug-likeness (QED) is 0.433. The van der Waals surface area contributed by atoms with Crippen LogP contribution < -0.4 is 0 Å². The highest BCUT2D eigenvalue weighted by molar-refractivity contribution is 6.25. The third-order valence-corrected chi connectivity index (χ3v) is 1.57. The van der Waals surface area contributed by atoms with Crippen molar-refractivity contribution in [2.45, 2.75) is 6.42 Å². The van der Waals surface area contributed by atoms with Gasteiger partial charge in [0, 0.05) is 17.6 Å². The Bertz CT molecular complexity index is 243. The molecule has 0 atom stereocenters. The van der Waals surface area contributed by atoms with Crippen molar-refractivity contribution in [3.8, 4) is 0 Å². The molecule has 0 amide bonds. The van der Waals surface area contributed by atoms with Gasteiger partial charge in [-0.25, -0.2) is 0 Å². The summed E-state index contributed by atoms with van der Waals surface area (Å²) in [5.74, 6) is 0.0363. The molecule has 0 aromatic rings. The van der Waals surface area contributed by atoms with Gasteiger partial charge < -0.3 is 0 Å². The molecular weight excluding hydrogens is 116 g/mol. The number of ketones is 2. The summed E-state index contributed by atoms with van der Waals surface area (Å²) in [7, 11) is 0. The van der Waals surface area contributed by atoms with E-state index in [2.05, 4.69) is 0 Å². The Morgan fingerprint density at radius 2 is 1.44 bits per heavy atom. The van der Waals surface area contributed by atoms with Gasteiger partial charge in [-0.2, -0.15) is 0 Å². The first-order valence-electron chi connectivity index (χ1n) is 2.78. The first-order valence-corrected chi connectivity index (χ1v) is 2.78. The van der Waals surface area contributed by atoms with E-state index in [0.717, 1.165) is 11.1 Å². The van der Waals surface area contributed by atoms with E-state index in [0.29, 0.717) is 6.42 Å². The first-order chi connectivity index (χ1) is 4.29. The van der Waals surface area contributed by atoms with E-state index >= 15 is 0 Å². The molecule has 0 aromatic heterocycles. The van der Waals surface area contributed by atoms with Crippen molar-refractivity contribution in [2.24, 2.45) is 0 Å².